The van der Waals surface area contributed by atoms with Crippen molar-refractivity contribution in [1.82, 2.24) is 0 Å². The summed E-state index contributed by atoms with van der Waals surface area (Å²) in [6.45, 7) is 0. The van der Waals surface area contributed by atoms with E-state index in [9.17, 15) is 9.00 Å². The van der Waals surface area contributed by atoms with Crippen molar-refractivity contribution in [2.75, 3.05) is 13.4 Å². The molecule has 104 valence electrons. The maximum atomic E-state index is 12.7. The Hall–Kier alpha value is -2.14. The van der Waals surface area contributed by atoms with Crippen LogP contribution in [-0.4, -0.2) is 23.5 Å². The standard InChI is InChI=1S/C15H15NO3S/c1-19-15(17)13-10-6-7-11-14(13)16-20(2,18)12-8-4-3-5-9-12/h3-11H,1-2H3. The van der Waals surface area contributed by atoms with Gasteiger partial charge in [-0.05, 0) is 24.3 Å². The molecule has 1 unspecified atom stereocenters. The Bertz CT molecular complexity index is 732. The third-order valence-electron chi connectivity index (χ3n) is 2.76. The number of hydrogen-bond donors (Lipinski definition) is 0. The summed E-state index contributed by atoms with van der Waals surface area (Å²) in [5.74, 6) is -0.493. The van der Waals surface area contributed by atoms with Crippen molar-refractivity contribution in [3.63, 3.8) is 0 Å². The third kappa shape index (κ3) is 3.05. The molecule has 0 aromatic heterocycles. The Morgan fingerprint density at radius 2 is 1.65 bits per heavy atom. The molecule has 0 aliphatic heterocycles. The van der Waals surface area contributed by atoms with Crippen LogP contribution < -0.4 is 0 Å². The fraction of sp³-hybridized carbons (Fsp3) is 0.133. The molecule has 0 amide bonds. The van der Waals surface area contributed by atoms with Crippen LogP contribution in [0.4, 0.5) is 5.69 Å². The van der Waals surface area contributed by atoms with E-state index >= 15 is 0 Å². The average molecular weight is 289 g/mol. The second-order valence-corrected chi connectivity index (χ2v) is 6.47. The van der Waals surface area contributed by atoms with Crippen molar-refractivity contribution >= 4 is 21.4 Å². The molecule has 0 bridgehead atoms. The molecule has 4 nitrogen and oxygen atoms in total. The molecule has 20 heavy (non-hydrogen) atoms. The summed E-state index contributed by atoms with van der Waals surface area (Å²) >= 11 is 0. The van der Waals surface area contributed by atoms with Gasteiger partial charge in [0.1, 0.15) is 0 Å². The minimum atomic E-state index is -2.61. The van der Waals surface area contributed by atoms with Gasteiger partial charge in [0.05, 0.1) is 28.1 Å². The highest BCUT2D eigenvalue weighted by atomic mass is 32.2. The predicted molar refractivity (Wildman–Crippen MR) is 78.6 cm³/mol. The first-order valence-electron chi connectivity index (χ1n) is 5.99. The van der Waals surface area contributed by atoms with Crippen LogP contribution in [0.2, 0.25) is 0 Å². The van der Waals surface area contributed by atoms with E-state index in [2.05, 4.69) is 4.36 Å². The summed E-state index contributed by atoms with van der Waals surface area (Å²) < 4.78 is 21.7. The zero-order chi connectivity index (χ0) is 14.6. The highest BCUT2D eigenvalue weighted by Gasteiger charge is 2.13. The molecule has 0 fully saturated rings. The lowest BCUT2D eigenvalue weighted by molar-refractivity contribution is 0.0602. The molecule has 2 rings (SSSR count). The maximum absolute atomic E-state index is 12.7. The molecule has 1 atom stereocenters. The van der Waals surface area contributed by atoms with Crippen LogP contribution in [0.1, 0.15) is 10.4 Å². The van der Waals surface area contributed by atoms with Gasteiger partial charge in [-0.25, -0.2) is 9.00 Å². The van der Waals surface area contributed by atoms with Gasteiger partial charge in [-0.15, -0.1) is 0 Å². The molecular formula is C15H15NO3S. The molecular weight excluding hydrogens is 274 g/mol. The van der Waals surface area contributed by atoms with Crippen LogP contribution >= 0.6 is 0 Å². The molecule has 0 radical (unpaired) electrons. The first kappa shape index (κ1) is 14.3. The molecule has 0 N–H and O–H groups in total. The van der Waals surface area contributed by atoms with Crippen LogP contribution in [0.5, 0.6) is 0 Å². The van der Waals surface area contributed by atoms with Gasteiger partial charge in [0, 0.05) is 11.2 Å². The predicted octanol–water partition coefficient (Wildman–Crippen LogP) is 3.26. The summed E-state index contributed by atoms with van der Waals surface area (Å²) in [6.07, 6.45) is 1.55. The molecule has 0 spiro atoms. The van der Waals surface area contributed by atoms with E-state index in [1.165, 1.54) is 7.11 Å². The SMILES string of the molecule is COC(=O)c1ccccc1N=S(C)(=O)c1ccccc1. The monoisotopic (exact) mass is 289 g/mol. The molecule has 2 aromatic rings. The van der Waals surface area contributed by atoms with Crippen molar-refractivity contribution < 1.29 is 13.7 Å². The molecule has 0 saturated heterocycles. The van der Waals surface area contributed by atoms with Crippen LogP contribution in [-0.2, 0) is 14.5 Å². The topological polar surface area (TPSA) is 55.7 Å². The molecule has 5 heteroatoms. The molecule has 0 saturated carbocycles. The number of benzene rings is 2. The van der Waals surface area contributed by atoms with Crippen molar-refractivity contribution in [2.24, 2.45) is 4.36 Å². The maximum Gasteiger partial charge on any atom is 0.340 e. The molecule has 0 heterocycles. The zero-order valence-corrected chi connectivity index (χ0v) is 12.1. The van der Waals surface area contributed by atoms with Gasteiger partial charge in [0.15, 0.2) is 0 Å². The van der Waals surface area contributed by atoms with Gasteiger partial charge < -0.3 is 4.74 Å². The van der Waals surface area contributed by atoms with E-state index in [1.54, 1.807) is 54.8 Å². The lowest BCUT2D eigenvalue weighted by atomic mass is 10.2. The van der Waals surface area contributed by atoms with Crippen LogP contribution in [0, 0.1) is 0 Å². The summed E-state index contributed by atoms with van der Waals surface area (Å²) in [6, 6.07) is 15.7. The van der Waals surface area contributed by atoms with Crippen molar-refractivity contribution in [3.05, 3.63) is 60.2 Å². The van der Waals surface area contributed by atoms with Gasteiger partial charge in [-0.1, -0.05) is 30.3 Å². The number of nitrogens with zero attached hydrogens (tertiary/aromatic N) is 1. The van der Waals surface area contributed by atoms with E-state index in [1.807, 2.05) is 6.07 Å². The van der Waals surface area contributed by atoms with Crippen molar-refractivity contribution in [3.8, 4) is 0 Å². The Morgan fingerprint density at radius 3 is 2.30 bits per heavy atom. The minimum Gasteiger partial charge on any atom is -0.465 e. The van der Waals surface area contributed by atoms with E-state index in [-0.39, 0.29) is 0 Å². The second-order valence-electron chi connectivity index (χ2n) is 4.22. The van der Waals surface area contributed by atoms with E-state index in [0.29, 0.717) is 16.1 Å². The summed E-state index contributed by atoms with van der Waals surface area (Å²) in [7, 11) is -1.31. The van der Waals surface area contributed by atoms with Crippen LogP contribution in [0.25, 0.3) is 0 Å². The molecule has 0 aliphatic carbocycles. The second kappa shape index (κ2) is 5.88. The zero-order valence-electron chi connectivity index (χ0n) is 11.3. The van der Waals surface area contributed by atoms with E-state index in [0.717, 1.165) is 0 Å². The summed E-state index contributed by atoms with van der Waals surface area (Å²) in [5.41, 5.74) is 0.677. The van der Waals surface area contributed by atoms with E-state index in [4.69, 9.17) is 4.74 Å². The fourth-order valence-electron chi connectivity index (χ4n) is 1.75. The fourth-order valence-corrected chi connectivity index (χ4v) is 3.05. The van der Waals surface area contributed by atoms with E-state index < -0.39 is 15.7 Å². The van der Waals surface area contributed by atoms with Gasteiger partial charge in [-0.3, -0.25) is 0 Å². The van der Waals surface area contributed by atoms with Crippen LogP contribution in [0.3, 0.4) is 0 Å². The smallest absolute Gasteiger partial charge is 0.340 e. The largest absolute Gasteiger partial charge is 0.465 e. The van der Waals surface area contributed by atoms with Gasteiger partial charge >= 0.3 is 5.97 Å². The lowest BCUT2D eigenvalue weighted by Gasteiger charge is -2.07. The summed E-state index contributed by atoms with van der Waals surface area (Å²) in [4.78, 5) is 12.3. The quantitative estimate of drug-likeness (QED) is 0.815. The van der Waals surface area contributed by atoms with Gasteiger partial charge in [0.2, 0.25) is 0 Å². The minimum absolute atomic E-state index is 0.306. The van der Waals surface area contributed by atoms with Crippen molar-refractivity contribution in [2.45, 2.75) is 4.90 Å². The number of esters is 1. The molecule has 2 aromatic carbocycles. The Kier molecular flexibility index (Phi) is 4.20. The average Bonchev–Trinajstić information content (AvgIpc) is 2.47. The number of hydrogen-bond acceptors (Lipinski definition) is 4. The van der Waals surface area contributed by atoms with Crippen LogP contribution in [0.15, 0.2) is 63.9 Å². The van der Waals surface area contributed by atoms with Gasteiger partial charge in [-0.2, -0.15) is 4.36 Å². The first-order valence-corrected chi connectivity index (χ1v) is 7.91. The number of ether oxygens (including phenoxy) is 1. The number of carbonyl (C=O) groups is 1. The Morgan fingerprint density at radius 1 is 1.05 bits per heavy atom. The lowest BCUT2D eigenvalue weighted by Crippen LogP contribution is -2.02. The highest BCUT2D eigenvalue weighted by molar-refractivity contribution is 7.93. The Balaban J connectivity index is 2.56. The first-order chi connectivity index (χ1) is 9.54. The molecule has 0 aliphatic rings. The normalized spacial score (nSPS) is 13.3. The van der Waals surface area contributed by atoms with Gasteiger partial charge in [0.25, 0.3) is 0 Å². The van der Waals surface area contributed by atoms with Crippen molar-refractivity contribution in [1.29, 1.82) is 0 Å². The number of rotatable bonds is 3. The third-order valence-corrected chi connectivity index (χ3v) is 4.45. The number of methoxy groups -OCH3 is 1. The summed E-state index contributed by atoms with van der Waals surface area (Å²) in [5, 5.41) is 0. The Labute approximate surface area is 118 Å². The number of carbonyl (C=O) groups excluding carboxylic acids is 1. The highest BCUT2D eigenvalue weighted by Crippen LogP contribution is 2.24.